The van der Waals surface area contributed by atoms with Crippen LogP contribution < -0.4 is 5.32 Å². The van der Waals surface area contributed by atoms with Crippen molar-refractivity contribution in [3.8, 4) is 5.69 Å². The Morgan fingerprint density at radius 3 is 2.95 bits per heavy atom. The molecule has 0 aliphatic heterocycles. The number of hydrogen-bond acceptors (Lipinski definition) is 5. The summed E-state index contributed by atoms with van der Waals surface area (Å²) in [4.78, 5) is 11.9. The van der Waals surface area contributed by atoms with Crippen molar-refractivity contribution in [3.63, 3.8) is 0 Å². The zero-order valence-electron chi connectivity index (χ0n) is 12.9. The van der Waals surface area contributed by atoms with E-state index in [0.717, 1.165) is 11.3 Å². The molecule has 0 saturated heterocycles. The molecule has 2 aromatic rings. The van der Waals surface area contributed by atoms with Gasteiger partial charge in [0.05, 0.1) is 10.9 Å². The Hall–Kier alpha value is -2.15. The monoisotopic (exact) mass is 317 g/mol. The summed E-state index contributed by atoms with van der Waals surface area (Å²) in [5.41, 5.74) is 3.18. The van der Waals surface area contributed by atoms with Crippen LogP contribution in [-0.2, 0) is 4.79 Å². The lowest BCUT2D eigenvalue weighted by Crippen LogP contribution is -2.31. The van der Waals surface area contributed by atoms with Crippen LogP contribution in [0.4, 0.5) is 0 Å². The van der Waals surface area contributed by atoms with Crippen molar-refractivity contribution < 1.29 is 4.79 Å². The van der Waals surface area contributed by atoms with Gasteiger partial charge in [0.15, 0.2) is 0 Å². The van der Waals surface area contributed by atoms with Gasteiger partial charge >= 0.3 is 0 Å². The molecule has 0 bridgehead atoms. The van der Waals surface area contributed by atoms with Crippen LogP contribution >= 0.6 is 11.8 Å². The first-order valence-electron chi connectivity index (χ1n) is 6.94. The fourth-order valence-corrected chi connectivity index (χ4v) is 2.80. The van der Waals surface area contributed by atoms with Gasteiger partial charge in [0.1, 0.15) is 0 Å². The Bertz CT molecular complexity index is 682. The van der Waals surface area contributed by atoms with Crippen molar-refractivity contribution in [1.82, 2.24) is 25.5 Å². The first-order valence-corrected chi connectivity index (χ1v) is 7.82. The summed E-state index contributed by atoms with van der Waals surface area (Å²) in [6.45, 7) is 9.91. The van der Waals surface area contributed by atoms with E-state index in [2.05, 4.69) is 33.5 Å². The van der Waals surface area contributed by atoms with Crippen LogP contribution in [-0.4, -0.2) is 37.9 Å². The number of carbonyl (C=O) groups excluding carboxylic acids is 1. The Labute approximate surface area is 134 Å². The predicted octanol–water partition coefficient (Wildman–Crippen LogP) is 2.06. The fourth-order valence-electron chi connectivity index (χ4n) is 1.97. The number of aryl methyl sites for hydroxylation is 2. The number of nitrogens with zero attached hydrogens (tertiary/aromatic N) is 4. The lowest BCUT2D eigenvalue weighted by atomic mass is 10.1. The summed E-state index contributed by atoms with van der Waals surface area (Å²) in [6, 6.07) is 6.07. The van der Waals surface area contributed by atoms with Crippen LogP contribution in [0.5, 0.6) is 0 Å². The van der Waals surface area contributed by atoms with Gasteiger partial charge in [0, 0.05) is 6.54 Å². The van der Waals surface area contributed by atoms with Crippen molar-refractivity contribution in [2.24, 2.45) is 0 Å². The van der Waals surface area contributed by atoms with Crippen LogP contribution in [0.2, 0.25) is 0 Å². The number of aromatic nitrogens is 4. The van der Waals surface area contributed by atoms with Crippen molar-refractivity contribution in [1.29, 1.82) is 0 Å². The normalized spacial score (nSPS) is 12.0. The quantitative estimate of drug-likeness (QED) is 0.652. The van der Waals surface area contributed by atoms with E-state index in [4.69, 9.17) is 0 Å². The molecule has 1 aromatic heterocycles. The van der Waals surface area contributed by atoms with Crippen molar-refractivity contribution >= 4 is 17.7 Å². The maximum atomic E-state index is 11.9. The third-order valence-electron chi connectivity index (χ3n) is 3.09. The molecule has 1 amide bonds. The van der Waals surface area contributed by atoms with E-state index < -0.39 is 0 Å². The summed E-state index contributed by atoms with van der Waals surface area (Å²) >= 11 is 1.32. The maximum Gasteiger partial charge on any atom is 0.233 e. The molecule has 7 heteroatoms. The predicted molar refractivity (Wildman–Crippen MR) is 87.2 cm³/mol. The second-order valence-corrected chi connectivity index (χ2v) is 6.27. The first-order chi connectivity index (χ1) is 10.5. The number of carbonyl (C=O) groups is 1. The molecular weight excluding hydrogens is 298 g/mol. The highest BCUT2D eigenvalue weighted by molar-refractivity contribution is 8.00. The van der Waals surface area contributed by atoms with Crippen molar-refractivity contribution in [2.45, 2.75) is 31.2 Å². The molecule has 2 rings (SSSR count). The van der Waals surface area contributed by atoms with E-state index in [1.807, 2.05) is 32.9 Å². The van der Waals surface area contributed by atoms with Crippen LogP contribution in [0.15, 0.2) is 36.0 Å². The summed E-state index contributed by atoms with van der Waals surface area (Å²) in [5.74, 6) is -0.0694. The number of amides is 1. The second kappa shape index (κ2) is 7.22. The number of rotatable bonds is 6. The van der Waals surface area contributed by atoms with Gasteiger partial charge in [-0.05, 0) is 42.8 Å². The summed E-state index contributed by atoms with van der Waals surface area (Å²) < 4.78 is 1.66. The summed E-state index contributed by atoms with van der Waals surface area (Å²) in [5, 5.41) is 14.9. The SMILES string of the molecule is C=CCNC(=O)C(C)Sc1nnnn1-c1ccc(C)cc1C. The minimum atomic E-state index is -0.296. The smallest absolute Gasteiger partial charge is 0.233 e. The highest BCUT2D eigenvalue weighted by Crippen LogP contribution is 2.24. The van der Waals surface area contributed by atoms with Crippen LogP contribution in [0, 0.1) is 13.8 Å². The lowest BCUT2D eigenvalue weighted by molar-refractivity contribution is -0.120. The molecule has 0 saturated carbocycles. The Balaban J connectivity index is 2.19. The molecule has 1 N–H and O–H groups in total. The molecule has 0 spiro atoms. The van der Waals surface area contributed by atoms with Gasteiger partial charge in [-0.25, -0.2) is 0 Å². The van der Waals surface area contributed by atoms with E-state index in [9.17, 15) is 4.79 Å². The van der Waals surface area contributed by atoms with E-state index in [0.29, 0.717) is 11.7 Å². The van der Waals surface area contributed by atoms with Gasteiger partial charge in [-0.1, -0.05) is 35.5 Å². The fraction of sp³-hybridized carbons (Fsp3) is 0.333. The molecule has 0 aliphatic rings. The third kappa shape index (κ3) is 3.73. The zero-order valence-corrected chi connectivity index (χ0v) is 13.7. The highest BCUT2D eigenvalue weighted by atomic mass is 32.2. The van der Waals surface area contributed by atoms with Crippen LogP contribution in [0.3, 0.4) is 0 Å². The topological polar surface area (TPSA) is 72.7 Å². The van der Waals surface area contributed by atoms with Crippen molar-refractivity contribution in [3.05, 3.63) is 42.0 Å². The molecule has 116 valence electrons. The maximum absolute atomic E-state index is 11.9. The Kier molecular flexibility index (Phi) is 5.32. The van der Waals surface area contributed by atoms with Gasteiger partial charge in [0.25, 0.3) is 0 Å². The minimum Gasteiger partial charge on any atom is -0.352 e. The number of tetrazole rings is 1. The molecule has 0 fully saturated rings. The molecule has 1 aromatic carbocycles. The van der Waals surface area contributed by atoms with Gasteiger partial charge in [-0.15, -0.1) is 11.7 Å². The molecule has 1 unspecified atom stereocenters. The lowest BCUT2D eigenvalue weighted by Gasteiger charge is -2.12. The largest absolute Gasteiger partial charge is 0.352 e. The van der Waals surface area contributed by atoms with E-state index in [1.54, 1.807) is 10.8 Å². The average Bonchev–Trinajstić information content (AvgIpc) is 2.92. The molecule has 1 heterocycles. The minimum absolute atomic E-state index is 0.0694. The van der Waals surface area contributed by atoms with Crippen LogP contribution in [0.1, 0.15) is 18.1 Å². The number of hydrogen-bond donors (Lipinski definition) is 1. The molecule has 6 nitrogen and oxygen atoms in total. The summed E-state index contributed by atoms with van der Waals surface area (Å²) in [7, 11) is 0. The van der Waals surface area contributed by atoms with Gasteiger partial charge in [0.2, 0.25) is 11.1 Å². The second-order valence-electron chi connectivity index (χ2n) is 4.96. The standard InChI is InChI=1S/C15H19N5OS/c1-5-8-16-14(21)12(4)22-15-17-18-19-20(15)13-7-6-10(2)9-11(13)3/h5-7,9,12H,1,8H2,2-4H3,(H,16,21). The third-order valence-corrected chi connectivity index (χ3v) is 4.13. The molecule has 1 atom stereocenters. The van der Waals surface area contributed by atoms with E-state index >= 15 is 0 Å². The molecule has 0 aliphatic carbocycles. The van der Waals surface area contributed by atoms with Gasteiger partial charge in [-0.3, -0.25) is 4.79 Å². The summed E-state index contributed by atoms with van der Waals surface area (Å²) in [6.07, 6.45) is 1.65. The average molecular weight is 317 g/mol. The number of benzene rings is 1. The molecule has 22 heavy (non-hydrogen) atoms. The van der Waals surface area contributed by atoms with E-state index in [-0.39, 0.29) is 11.2 Å². The number of thioether (sulfide) groups is 1. The zero-order chi connectivity index (χ0) is 16.1. The van der Waals surface area contributed by atoms with E-state index in [1.165, 1.54) is 17.3 Å². The van der Waals surface area contributed by atoms with Gasteiger partial charge in [-0.2, -0.15) is 4.68 Å². The van der Waals surface area contributed by atoms with Crippen molar-refractivity contribution in [2.75, 3.05) is 6.54 Å². The Morgan fingerprint density at radius 2 is 2.27 bits per heavy atom. The first kappa shape index (κ1) is 16.2. The Morgan fingerprint density at radius 1 is 1.50 bits per heavy atom. The highest BCUT2D eigenvalue weighted by Gasteiger charge is 2.19. The van der Waals surface area contributed by atoms with Gasteiger partial charge < -0.3 is 5.32 Å². The molecule has 0 radical (unpaired) electrons. The number of nitrogens with one attached hydrogen (secondary N) is 1. The van der Waals surface area contributed by atoms with Crippen LogP contribution in [0.25, 0.3) is 5.69 Å². The molecular formula is C15H19N5OS.